The molecule has 0 amide bonds. The molecule has 4 aliphatic carbocycles. The fourth-order valence-corrected chi connectivity index (χ4v) is 5.43. The lowest BCUT2D eigenvalue weighted by molar-refractivity contribution is -0.0511. The average molecular weight is 264 g/mol. The molecule has 0 aliphatic heterocycles. The molecule has 4 rings (SSSR count). The van der Waals surface area contributed by atoms with Crippen LogP contribution in [-0.4, -0.2) is 26.2 Å². The van der Waals surface area contributed by atoms with Gasteiger partial charge in [0.05, 0.1) is 0 Å². The van der Waals surface area contributed by atoms with Crippen molar-refractivity contribution in [2.75, 3.05) is 26.2 Å². The standard InChI is InChI=1S/C17H32N2/c1-13(2)11-18-3-4-19-12-17-8-14-5-15(9-17)7-16(6-14)10-17/h13-16,18-19H,3-12H2,1-2H3. The van der Waals surface area contributed by atoms with Crippen molar-refractivity contribution >= 4 is 0 Å². The quantitative estimate of drug-likeness (QED) is 0.691. The monoisotopic (exact) mass is 264 g/mol. The molecular formula is C17H32N2. The van der Waals surface area contributed by atoms with Gasteiger partial charge < -0.3 is 10.6 Å². The Kier molecular flexibility index (Phi) is 4.19. The molecule has 4 fully saturated rings. The predicted octanol–water partition coefficient (Wildman–Crippen LogP) is 3.04. The van der Waals surface area contributed by atoms with E-state index in [2.05, 4.69) is 24.5 Å². The molecule has 19 heavy (non-hydrogen) atoms. The van der Waals surface area contributed by atoms with E-state index in [1.807, 2.05) is 0 Å². The van der Waals surface area contributed by atoms with Gasteiger partial charge in [0.1, 0.15) is 0 Å². The molecule has 0 aromatic carbocycles. The zero-order valence-corrected chi connectivity index (χ0v) is 12.9. The molecule has 0 radical (unpaired) electrons. The maximum Gasteiger partial charge on any atom is 0.00769 e. The van der Waals surface area contributed by atoms with Gasteiger partial charge in [-0.15, -0.1) is 0 Å². The average Bonchev–Trinajstić information content (AvgIpc) is 2.31. The van der Waals surface area contributed by atoms with Crippen LogP contribution in [0.5, 0.6) is 0 Å². The number of rotatable bonds is 7. The fraction of sp³-hybridized carbons (Fsp3) is 1.00. The summed E-state index contributed by atoms with van der Waals surface area (Å²) in [5.41, 5.74) is 0.701. The molecule has 0 saturated heterocycles. The molecule has 0 aromatic rings. The van der Waals surface area contributed by atoms with Gasteiger partial charge in [-0.2, -0.15) is 0 Å². The predicted molar refractivity (Wildman–Crippen MR) is 81.2 cm³/mol. The lowest BCUT2D eigenvalue weighted by Crippen LogP contribution is -2.50. The molecule has 4 bridgehead atoms. The highest BCUT2D eigenvalue weighted by atomic mass is 14.9. The van der Waals surface area contributed by atoms with Crippen LogP contribution in [0.2, 0.25) is 0 Å². The van der Waals surface area contributed by atoms with Crippen molar-refractivity contribution in [1.29, 1.82) is 0 Å². The van der Waals surface area contributed by atoms with Crippen LogP contribution in [0.4, 0.5) is 0 Å². The van der Waals surface area contributed by atoms with Gasteiger partial charge in [0, 0.05) is 19.6 Å². The van der Waals surface area contributed by atoms with Crippen LogP contribution in [0.1, 0.15) is 52.4 Å². The first-order chi connectivity index (χ1) is 9.15. The summed E-state index contributed by atoms with van der Waals surface area (Å²) in [4.78, 5) is 0. The lowest BCUT2D eigenvalue weighted by atomic mass is 9.49. The first-order valence-corrected chi connectivity index (χ1v) is 8.57. The lowest BCUT2D eigenvalue weighted by Gasteiger charge is -2.57. The topological polar surface area (TPSA) is 24.1 Å². The van der Waals surface area contributed by atoms with Gasteiger partial charge >= 0.3 is 0 Å². The Morgan fingerprint density at radius 2 is 1.42 bits per heavy atom. The van der Waals surface area contributed by atoms with Crippen LogP contribution in [0.25, 0.3) is 0 Å². The minimum atomic E-state index is 0.701. The van der Waals surface area contributed by atoms with Gasteiger partial charge in [0.25, 0.3) is 0 Å². The molecular weight excluding hydrogens is 232 g/mol. The number of nitrogens with one attached hydrogen (secondary N) is 2. The van der Waals surface area contributed by atoms with Gasteiger partial charge in [0.15, 0.2) is 0 Å². The van der Waals surface area contributed by atoms with E-state index < -0.39 is 0 Å². The van der Waals surface area contributed by atoms with E-state index >= 15 is 0 Å². The van der Waals surface area contributed by atoms with Crippen molar-refractivity contribution in [3.8, 4) is 0 Å². The van der Waals surface area contributed by atoms with E-state index in [1.54, 1.807) is 19.3 Å². The summed E-state index contributed by atoms with van der Waals surface area (Å²) in [5.74, 6) is 4.04. The highest BCUT2D eigenvalue weighted by molar-refractivity contribution is 5.02. The molecule has 0 unspecified atom stereocenters. The molecule has 4 aliphatic rings. The Labute approximate surface area is 119 Å². The van der Waals surface area contributed by atoms with Crippen molar-refractivity contribution in [3.05, 3.63) is 0 Å². The maximum absolute atomic E-state index is 3.75. The SMILES string of the molecule is CC(C)CNCCNCC12CC3CC(CC(C3)C1)C2. The van der Waals surface area contributed by atoms with Crippen molar-refractivity contribution in [2.24, 2.45) is 29.1 Å². The van der Waals surface area contributed by atoms with Gasteiger partial charge in [-0.1, -0.05) is 13.8 Å². The Hall–Kier alpha value is -0.0800. The van der Waals surface area contributed by atoms with E-state index in [9.17, 15) is 0 Å². The zero-order valence-electron chi connectivity index (χ0n) is 12.9. The first kappa shape index (κ1) is 13.9. The minimum Gasteiger partial charge on any atom is -0.315 e. The Bertz CT molecular complexity index is 262. The van der Waals surface area contributed by atoms with E-state index in [4.69, 9.17) is 0 Å². The van der Waals surface area contributed by atoms with Crippen LogP contribution >= 0.6 is 0 Å². The largest absolute Gasteiger partial charge is 0.315 e. The third-order valence-corrected chi connectivity index (χ3v) is 5.70. The maximum atomic E-state index is 3.75. The third kappa shape index (κ3) is 3.33. The van der Waals surface area contributed by atoms with E-state index in [1.165, 1.54) is 25.8 Å². The fourth-order valence-electron chi connectivity index (χ4n) is 5.43. The molecule has 0 atom stereocenters. The molecule has 4 saturated carbocycles. The first-order valence-electron chi connectivity index (χ1n) is 8.57. The summed E-state index contributed by atoms with van der Waals surface area (Å²) in [5, 5.41) is 7.28. The molecule has 2 heteroatoms. The van der Waals surface area contributed by atoms with Crippen LogP contribution in [0.3, 0.4) is 0 Å². The number of hydrogen-bond acceptors (Lipinski definition) is 2. The van der Waals surface area contributed by atoms with Gasteiger partial charge in [-0.05, 0) is 74.2 Å². The summed E-state index contributed by atoms with van der Waals surface area (Å²) in [6.07, 6.45) is 9.29. The van der Waals surface area contributed by atoms with Crippen LogP contribution in [-0.2, 0) is 0 Å². The van der Waals surface area contributed by atoms with Crippen LogP contribution in [0, 0.1) is 29.1 Å². The van der Waals surface area contributed by atoms with Crippen molar-refractivity contribution in [3.63, 3.8) is 0 Å². The summed E-state index contributed by atoms with van der Waals surface area (Å²) < 4.78 is 0. The molecule has 110 valence electrons. The minimum absolute atomic E-state index is 0.701. The van der Waals surface area contributed by atoms with Crippen molar-refractivity contribution in [2.45, 2.75) is 52.4 Å². The second-order valence-corrected chi connectivity index (χ2v) is 8.19. The van der Waals surface area contributed by atoms with Crippen LogP contribution < -0.4 is 10.6 Å². The zero-order chi connectivity index (χ0) is 13.3. The van der Waals surface area contributed by atoms with E-state index in [0.717, 1.165) is 43.3 Å². The summed E-state index contributed by atoms with van der Waals surface area (Å²) in [7, 11) is 0. The molecule has 2 N–H and O–H groups in total. The van der Waals surface area contributed by atoms with Crippen LogP contribution in [0.15, 0.2) is 0 Å². The molecule has 0 spiro atoms. The van der Waals surface area contributed by atoms with E-state index in [-0.39, 0.29) is 0 Å². The van der Waals surface area contributed by atoms with Gasteiger partial charge in [-0.3, -0.25) is 0 Å². The Balaban J connectivity index is 1.38. The summed E-state index contributed by atoms with van der Waals surface area (Å²) >= 11 is 0. The highest BCUT2D eigenvalue weighted by Gasteiger charge is 2.50. The van der Waals surface area contributed by atoms with E-state index in [0.29, 0.717) is 5.41 Å². The number of hydrogen-bond donors (Lipinski definition) is 2. The Morgan fingerprint density at radius 3 is 1.95 bits per heavy atom. The smallest absolute Gasteiger partial charge is 0.00769 e. The van der Waals surface area contributed by atoms with Gasteiger partial charge in [-0.25, -0.2) is 0 Å². The van der Waals surface area contributed by atoms with Crippen molar-refractivity contribution < 1.29 is 0 Å². The summed E-state index contributed by atoms with van der Waals surface area (Å²) in [6, 6.07) is 0. The molecule has 0 heterocycles. The normalized spacial score (nSPS) is 40.3. The third-order valence-electron chi connectivity index (χ3n) is 5.70. The highest BCUT2D eigenvalue weighted by Crippen LogP contribution is 2.59. The Morgan fingerprint density at radius 1 is 0.895 bits per heavy atom. The van der Waals surface area contributed by atoms with Crippen molar-refractivity contribution in [1.82, 2.24) is 10.6 Å². The molecule has 2 nitrogen and oxygen atoms in total. The summed E-state index contributed by atoms with van der Waals surface area (Å²) in [6.45, 7) is 9.27. The second kappa shape index (κ2) is 5.73. The molecule has 0 aromatic heterocycles. The van der Waals surface area contributed by atoms with Gasteiger partial charge in [0.2, 0.25) is 0 Å². The second-order valence-electron chi connectivity index (χ2n) is 8.19.